The molecule has 0 saturated heterocycles. The highest BCUT2D eigenvalue weighted by Crippen LogP contribution is 2.20. The van der Waals surface area contributed by atoms with E-state index in [4.69, 9.17) is 11.6 Å². The summed E-state index contributed by atoms with van der Waals surface area (Å²) in [5, 5.41) is 12.9. The average Bonchev–Trinajstić information content (AvgIpc) is 2.89. The molecule has 0 aromatic carbocycles. The molecular formula is C9H9ClN4OS. The molecule has 2 heterocycles. The minimum absolute atomic E-state index is 0.111. The number of thiophene rings is 1. The predicted molar refractivity (Wildman–Crippen MR) is 61.7 cm³/mol. The molecule has 0 saturated carbocycles. The number of hydrogen-bond acceptors (Lipinski definition) is 4. The molecule has 5 nitrogen and oxygen atoms in total. The lowest BCUT2D eigenvalue weighted by Crippen LogP contribution is -2.24. The fourth-order valence-corrected chi connectivity index (χ4v) is 2.13. The molecule has 0 aliphatic carbocycles. The number of aromatic amines is 1. The van der Waals surface area contributed by atoms with Gasteiger partial charge in [0.2, 0.25) is 0 Å². The van der Waals surface area contributed by atoms with Crippen molar-refractivity contribution in [2.24, 2.45) is 0 Å². The van der Waals surface area contributed by atoms with E-state index >= 15 is 0 Å². The monoisotopic (exact) mass is 256 g/mol. The van der Waals surface area contributed by atoms with E-state index < -0.39 is 0 Å². The highest BCUT2D eigenvalue weighted by molar-refractivity contribution is 7.17. The van der Waals surface area contributed by atoms with E-state index in [1.54, 1.807) is 18.3 Å². The Bertz CT molecular complexity index is 468. The normalized spacial score (nSPS) is 10.3. The third-order valence-corrected chi connectivity index (χ3v) is 3.16. The van der Waals surface area contributed by atoms with Crippen LogP contribution in [-0.4, -0.2) is 27.9 Å². The van der Waals surface area contributed by atoms with Gasteiger partial charge >= 0.3 is 0 Å². The van der Waals surface area contributed by atoms with E-state index in [1.165, 1.54) is 11.3 Å². The third kappa shape index (κ3) is 2.80. The summed E-state index contributed by atoms with van der Waals surface area (Å²) in [6.07, 6.45) is 2.29. The Balaban J connectivity index is 1.80. The van der Waals surface area contributed by atoms with Crippen LogP contribution in [0.15, 0.2) is 18.3 Å². The topological polar surface area (TPSA) is 70.7 Å². The van der Waals surface area contributed by atoms with Crippen LogP contribution in [0.1, 0.15) is 15.4 Å². The SMILES string of the molecule is O=C(NCCc1cn[nH]n1)c1ccc(Cl)s1. The van der Waals surface area contributed by atoms with Crippen molar-refractivity contribution in [1.29, 1.82) is 0 Å². The van der Waals surface area contributed by atoms with E-state index in [2.05, 4.69) is 20.7 Å². The van der Waals surface area contributed by atoms with Gasteiger partial charge in [-0.05, 0) is 12.1 Å². The first-order valence-corrected chi connectivity index (χ1v) is 5.83. The van der Waals surface area contributed by atoms with Gasteiger partial charge in [-0.1, -0.05) is 11.6 Å². The summed E-state index contributed by atoms with van der Waals surface area (Å²) < 4.78 is 0.613. The number of H-pyrrole nitrogens is 1. The summed E-state index contributed by atoms with van der Waals surface area (Å²) in [6, 6.07) is 3.41. The molecule has 0 fully saturated rings. The number of nitrogens with one attached hydrogen (secondary N) is 2. The molecule has 2 aromatic rings. The first-order valence-electron chi connectivity index (χ1n) is 4.64. The zero-order valence-electron chi connectivity index (χ0n) is 8.24. The van der Waals surface area contributed by atoms with Crippen LogP contribution in [0.5, 0.6) is 0 Å². The van der Waals surface area contributed by atoms with Gasteiger partial charge in [-0.2, -0.15) is 15.4 Å². The summed E-state index contributed by atoms with van der Waals surface area (Å²) >= 11 is 7.00. The van der Waals surface area contributed by atoms with Gasteiger partial charge in [-0.15, -0.1) is 11.3 Å². The maximum atomic E-state index is 11.6. The smallest absolute Gasteiger partial charge is 0.261 e. The van der Waals surface area contributed by atoms with E-state index in [-0.39, 0.29) is 5.91 Å². The van der Waals surface area contributed by atoms with Crippen LogP contribution in [0.2, 0.25) is 4.34 Å². The van der Waals surface area contributed by atoms with E-state index in [9.17, 15) is 4.79 Å². The molecule has 16 heavy (non-hydrogen) atoms. The number of nitrogens with zero attached hydrogens (tertiary/aromatic N) is 2. The van der Waals surface area contributed by atoms with E-state index in [0.29, 0.717) is 22.2 Å². The van der Waals surface area contributed by atoms with Gasteiger partial charge in [-0.25, -0.2) is 0 Å². The zero-order valence-corrected chi connectivity index (χ0v) is 9.81. The van der Waals surface area contributed by atoms with Gasteiger partial charge in [0.25, 0.3) is 5.91 Å². The zero-order chi connectivity index (χ0) is 11.4. The summed E-state index contributed by atoms with van der Waals surface area (Å²) in [5.74, 6) is -0.111. The van der Waals surface area contributed by atoms with Crippen molar-refractivity contribution < 1.29 is 4.79 Å². The van der Waals surface area contributed by atoms with Crippen molar-refractivity contribution >= 4 is 28.8 Å². The van der Waals surface area contributed by atoms with Crippen molar-refractivity contribution in [2.45, 2.75) is 6.42 Å². The lowest BCUT2D eigenvalue weighted by Gasteiger charge is -2.00. The number of halogens is 1. The number of carbonyl (C=O) groups excluding carboxylic acids is 1. The Kier molecular flexibility index (Phi) is 3.53. The molecule has 0 unspecified atom stereocenters. The second kappa shape index (κ2) is 5.09. The summed E-state index contributed by atoms with van der Waals surface area (Å²) in [4.78, 5) is 12.2. The maximum Gasteiger partial charge on any atom is 0.261 e. The number of carbonyl (C=O) groups is 1. The molecule has 0 aliphatic heterocycles. The maximum absolute atomic E-state index is 11.6. The summed E-state index contributed by atoms with van der Waals surface area (Å²) in [6.45, 7) is 0.529. The minimum Gasteiger partial charge on any atom is -0.351 e. The van der Waals surface area contributed by atoms with Crippen LogP contribution in [0.25, 0.3) is 0 Å². The molecule has 0 radical (unpaired) electrons. The fraction of sp³-hybridized carbons (Fsp3) is 0.222. The van der Waals surface area contributed by atoms with Crippen LogP contribution in [0.4, 0.5) is 0 Å². The van der Waals surface area contributed by atoms with Crippen LogP contribution in [0.3, 0.4) is 0 Å². The number of aromatic nitrogens is 3. The molecule has 2 N–H and O–H groups in total. The molecule has 0 atom stereocenters. The largest absolute Gasteiger partial charge is 0.351 e. The average molecular weight is 257 g/mol. The van der Waals surface area contributed by atoms with Crippen molar-refractivity contribution in [3.8, 4) is 0 Å². The molecule has 84 valence electrons. The lowest BCUT2D eigenvalue weighted by molar-refractivity contribution is 0.0958. The quantitative estimate of drug-likeness (QED) is 0.871. The van der Waals surface area contributed by atoms with Crippen LogP contribution in [0, 0.1) is 0 Å². The van der Waals surface area contributed by atoms with E-state index in [0.717, 1.165) is 5.69 Å². The first kappa shape index (κ1) is 11.1. The van der Waals surface area contributed by atoms with Crippen molar-refractivity contribution in [1.82, 2.24) is 20.7 Å². The number of hydrogen-bond donors (Lipinski definition) is 2. The minimum atomic E-state index is -0.111. The molecule has 0 spiro atoms. The molecular weight excluding hydrogens is 248 g/mol. The van der Waals surface area contributed by atoms with Crippen LogP contribution >= 0.6 is 22.9 Å². The van der Waals surface area contributed by atoms with Gasteiger partial charge in [0.05, 0.1) is 21.1 Å². The van der Waals surface area contributed by atoms with Crippen molar-refractivity contribution in [3.63, 3.8) is 0 Å². The van der Waals surface area contributed by atoms with Gasteiger partial charge in [-0.3, -0.25) is 4.79 Å². The van der Waals surface area contributed by atoms with Gasteiger partial charge in [0, 0.05) is 13.0 Å². The second-order valence-corrected chi connectivity index (χ2v) is 4.79. The molecule has 7 heteroatoms. The van der Waals surface area contributed by atoms with Crippen molar-refractivity contribution in [2.75, 3.05) is 6.54 Å². The lowest BCUT2D eigenvalue weighted by atomic mass is 10.3. The molecule has 2 rings (SSSR count). The molecule has 1 amide bonds. The summed E-state index contributed by atoms with van der Waals surface area (Å²) in [7, 11) is 0. The highest BCUT2D eigenvalue weighted by atomic mass is 35.5. The van der Waals surface area contributed by atoms with Crippen LogP contribution in [-0.2, 0) is 6.42 Å². The Labute approximate surface area is 101 Å². The van der Waals surface area contributed by atoms with Gasteiger partial charge in [0.15, 0.2) is 0 Å². The number of amides is 1. The Morgan fingerprint density at radius 2 is 2.44 bits per heavy atom. The predicted octanol–water partition coefficient (Wildman–Crippen LogP) is 1.49. The van der Waals surface area contributed by atoms with Gasteiger partial charge in [0.1, 0.15) is 0 Å². The van der Waals surface area contributed by atoms with Gasteiger partial charge < -0.3 is 5.32 Å². The summed E-state index contributed by atoms with van der Waals surface area (Å²) in [5.41, 5.74) is 0.824. The van der Waals surface area contributed by atoms with Crippen LogP contribution < -0.4 is 5.32 Å². The number of rotatable bonds is 4. The molecule has 0 bridgehead atoms. The Morgan fingerprint density at radius 1 is 1.56 bits per heavy atom. The first-order chi connectivity index (χ1) is 7.75. The Hall–Kier alpha value is -1.40. The Morgan fingerprint density at radius 3 is 3.06 bits per heavy atom. The van der Waals surface area contributed by atoms with E-state index in [1.807, 2.05) is 0 Å². The molecule has 0 aliphatic rings. The highest BCUT2D eigenvalue weighted by Gasteiger charge is 2.07. The third-order valence-electron chi connectivity index (χ3n) is 1.93. The molecule has 2 aromatic heterocycles. The second-order valence-electron chi connectivity index (χ2n) is 3.07. The fourth-order valence-electron chi connectivity index (χ4n) is 1.17. The van der Waals surface area contributed by atoms with Crippen molar-refractivity contribution in [3.05, 3.63) is 33.2 Å². The standard InChI is InChI=1S/C9H9ClN4OS/c10-8-2-1-7(16-8)9(15)11-4-3-6-5-12-14-13-6/h1-2,5H,3-4H2,(H,11,15)(H,12,13,14).